The molecule has 3 unspecified atom stereocenters. The van der Waals surface area contributed by atoms with Gasteiger partial charge < -0.3 is 15.8 Å². The standard InChI is InChI=1S/C16H29N3O.HI/c1-16(2)13(12-9-10-20-14(12)16)19-15(17)18-11-7-5-3-4-6-8-11;/h11-14H,3-10H2,1-2H3,(H3,17,18,19);1H. The van der Waals surface area contributed by atoms with Crippen LogP contribution in [0.3, 0.4) is 0 Å². The van der Waals surface area contributed by atoms with E-state index in [0.717, 1.165) is 13.0 Å². The van der Waals surface area contributed by atoms with Gasteiger partial charge in [0.05, 0.1) is 12.1 Å². The molecule has 0 bridgehead atoms. The van der Waals surface area contributed by atoms with Gasteiger partial charge in [-0.3, -0.25) is 0 Å². The zero-order valence-electron chi connectivity index (χ0n) is 13.3. The third kappa shape index (κ3) is 3.49. The van der Waals surface area contributed by atoms with Crippen LogP contribution >= 0.6 is 24.0 Å². The number of nitrogens with two attached hydrogens (primary N) is 1. The molecule has 3 fully saturated rings. The van der Waals surface area contributed by atoms with Crippen LogP contribution < -0.4 is 11.1 Å². The van der Waals surface area contributed by atoms with Crippen molar-refractivity contribution in [3.63, 3.8) is 0 Å². The Labute approximate surface area is 145 Å². The highest BCUT2D eigenvalue weighted by Crippen LogP contribution is 2.53. The normalized spacial score (nSPS) is 36.1. The fourth-order valence-electron chi connectivity index (χ4n) is 4.38. The van der Waals surface area contributed by atoms with E-state index in [0.29, 0.717) is 30.1 Å². The minimum atomic E-state index is 0. The van der Waals surface area contributed by atoms with Gasteiger partial charge in [-0.2, -0.15) is 0 Å². The van der Waals surface area contributed by atoms with Crippen LogP contribution in [0.5, 0.6) is 0 Å². The highest BCUT2D eigenvalue weighted by Gasteiger charge is 2.59. The number of ether oxygens (including phenoxy) is 1. The Bertz CT molecular complexity index is 378. The summed E-state index contributed by atoms with van der Waals surface area (Å²) in [6.07, 6.45) is 9.37. The summed E-state index contributed by atoms with van der Waals surface area (Å²) in [5, 5.41) is 3.46. The van der Waals surface area contributed by atoms with Gasteiger partial charge >= 0.3 is 0 Å². The van der Waals surface area contributed by atoms with Crippen LogP contribution in [0.25, 0.3) is 0 Å². The predicted octanol–water partition coefficient (Wildman–Crippen LogP) is 3.05. The highest BCUT2D eigenvalue weighted by atomic mass is 127. The molecule has 3 aliphatic rings. The molecule has 5 heteroatoms. The molecule has 0 radical (unpaired) electrons. The van der Waals surface area contributed by atoms with Crippen LogP contribution in [-0.4, -0.2) is 30.8 Å². The van der Waals surface area contributed by atoms with E-state index in [1.165, 1.54) is 38.5 Å². The lowest BCUT2D eigenvalue weighted by molar-refractivity contribution is -0.0986. The summed E-state index contributed by atoms with van der Waals surface area (Å²) in [5.41, 5.74) is 6.30. The second-order valence-corrected chi connectivity index (χ2v) is 7.36. The minimum absolute atomic E-state index is 0. The molecule has 2 saturated carbocycles. The molecule has 1 saturated heterocycles. The average molecular weight is 407 g/mol. The number of nitrogens with zero attached hydrogens (tertiary/aromatic N) is 1. The van der Waals surface area contributed by atoms with Crippen LogP contribution in [0.15, 0.2) is 4.99 Å². The molecule has 2 aliphatic carbocycles. The van der Waals surface area contributed by atoms with Crippen molar-refractivity contribution in [1.29, 1.82) is 0 Å². The highest BCUT2D eigenvalue weighted by molar-refractivity contribution is 14.0. The van der Waals surface area contributed by atoms with Gasteiger partial charge in [0.15, 0.2) is 5.96 Å². The minimum Gasteiger partial charge on any atom is -0.377 e. The Hall–Kier alpha value is -0.0400. The summed E-state index contributed by atoms with van der Waals surface area (Å²) in [4.78, 5) is 4.81. The van der Waals surface area contributed by atoms with Crippen molar-refractivity contribution in [2.45, 2.75) is 77.0 Å². The lowest BCUT2D eigenvalue weighted by atomic mass is 9.57. The monoisotopic (exact) mass is 407 g/mol. The molecule has 0 aromatic heterocycles. The summed E-state index contributed by atoms with van der Waals surface area (Å²) in [6.45, 7) is 5.40. The average Bonchev–Trinajstić information content (AvgIpc) is 2.72. The van der Waals surface area contributed by atoms with Crippen molar-refractivity contribution < 1.29 is 4.74 Å². The molecule has 1 heterocycles. The molecule has 4 nitrogen and oxygen atoms in total. The Morgan fingerprint density at radius 1 is 1.14 bits per heavy atom. The van der Waals surface area contributed by atoms with E-state index in [4.69, 9.17) is 15.5 Å². The molecule has 3 atom stereocenters. The van der Waals surface area contributed by atoms with E-state index in [1.807, 2.05) is 0 Å². The summed E-state index contributed by atoms with van der Waals surface area (Å²) >= 11 is 0. The number of nitrogens with one attached hydrogen (secondary N) is 1. The molecule has 0 aromatic carbocycles. The van der Waals surface area contributed by atoms with Gasteiger partial charge in [0.2, 0.25) is 0 Å². The molecule has 1 aliphatic heterocycles. The second kappa shape index (κ2) is 7.02. The number of hydrogen-bond acceptors (Lipinski definition) is 2. The topological polar surface area (TPSA) is 59.6 Å². The molecule has 122 valence electrons. The summed E-state index contributed by atoms with van der Waals surface area (Å²) < 4.78 is 5.81. The molecular weight excluding hydrogens is 377 g/mol. The van der Waals surface area contributed by atoms with Gasteiger partial charge in [0.1, 0.15) is 0 Å². The van der Waals surface area contributed by atoms with Crippen molar-refractivity contribution in [2.24, 2.45) is 22.1 Å². The Morgan fingerprint density at radius 3 is 2.48 bits per heavy atom. The van der Waals surface area contributed by atoms with E-state index < -0.39 is 0 Å². The summed E-state index contributed by atoms with van der Waals surface area (Å²) in [7, 11) is 0. The maximum absolute atomic E-state index is 6.17. The zero-order valence-corrected chi connectivity index (χ0v) is 15.6. The SMILES string of the molecule is CC1(C)C(N=C(N)NC2CCCCCC2)C2CCOC21.I. The van der Waals surface area contributed by atoms with Crippen LogP contribution in [0.2, 0.25) is 0 Å². The molecule has 3 rings (SSSR count). The van der Waals surface area contributed by atoms with Crippen molar-refractivity contribution in [1.82, 2.24) is 5.32 Å². The van der Waals surface area contributed by atoms with Gasteiger partial charge in [0.25, 0.3) is 0 Å². The Morgan fingerprint density at radius 2 is 1.81 bits per heavy atom. The quantitative estimate of drug-likeness (QED) is 0.320. The van der Waals surface area contributed by atoms with Crippen LogP contribution in [0, 0.1) is 11.3 Å². The van der Waals surface area contributed by atoms with E-state index in [9.17, 15) is 0 Å². The van der Waals surface area contributed by atoms with E-state index in [-0.39, 0.29) is 29.4 Å². The summed E-state index contributed by atoms with van der Waals surface area (Å²) in [6, 6.07) is 0.855. The van der Waals surface area contributed by atoms with Crippen molar-refractivity contribution in [2.75, 3.05) is 6.61 Å². The van der Waals surface area contributed by atoms with Gasteiger partial charge in [-0.15, -0.1) is 24.0 Å². The first-order chi connectivity index (χ1) is 9.59. The van der Waals surface area contributed by atoms with Crippen LogP contribution in [0.4, 0.5) is 0 Å². The Balaban J connectivity index is 0.00000161. The third-order valence-corrected chi connectivity index (χ3v) is 5.52. The second-order valence-electron chi connectivity index (χ2n) is 7.36. The first kappa shape index (κ1) is 17.3. The van der Waals surface area contributed by atoms with Crippen LogP contribution in [0.1, 0.15) is 58.8 Å². The number of rotatable bonds is 2. The maximum atomic E-state index is 6.17. The van der Waals surface area contributed by atoms with E-state index >= 15 is 0 Å². The maximum Gasteiger partial charge on any atom is 0.189 e. The molecule has 0 aromatic rings. The van der Waals surface area contributed by atoms with Crippen molar-refractivity contribution in [3.05, 3.63) is 0 Å². The van der Waals surface area contributed by atoms with Gasteiger partial charge in [-0.25, -0.2) is 4.99 Å². The summed E-state index contributed by atoms with van der Waals surface area (Å²) in [5.74, 6) is 1.24. The number of aliphatic imine (C=N–C) groups is 1. The van der Waals surface area contributed by atoms with E-state index in [1.54, 1.807) is 0 Å². The lowest BCUT2D eigenvalue weighted by Gasteiger charge is -2.52. The molecular formula is C16H30IN3O. The Kier molecular flexibility index (Phi) is 5.79. The fourth-order valence-corrected chi connectivity index (χ4v) is 4.38. The molecule has 0 spiro atoms. The molecule has 3 N–H and O–H groups in total. The van der Waals surface area contributed by atoms with Crippen molar-refractivity contribution >= 4 is 29.9 Å². The number of guanidine groups is 1. The van der Waals surface area contributed by atoms with E-state index in [2.05, 4.69) is 19.2 Å². The zero-order chi connectivity index (χ0) is 14.2. The fraction of sp³-hybridized carbons (Fsp3) is 0.938. The number of halogens is 1. The van der Waals surface area contributed by atoms with Gasteiger partial charge in [-0.1, -0.05) is 39.5 Å². The number of hydrogen-bond donors (Lipinski definition) is 2. The number of fused-ring (bicyclic) bond motifs is 1. The van der Waals surface area contributed by atoms with Crippen LogP contribution in [-0.2, 0) is 4.74 Å². The molecule has 0 amide bonds. The molecule has 21 heavy (non-hydrogen) atoms. The smallest absolute Gasteiger partial charge is 0.189 e. The lowest BCUT2D eigenvalue weighted by Crippen LogP contribution is -2.60. The van der Waals surface area contributed by atoms with Gasteiger partial charge in [0, 0.05) is 24.0 Å². The first-order valence-electron chi connectivity index (χ1n) is 8.30. The first-order valence-corrected chi connectivity index (χ1v) is 8.30. The van der Waals surface area contributed by atoms with Gasteiger partial charge in [-0.05, 0) is 19.3 Å². The largest absolute Gasteiger partial charge is 0.377 e. The van der Waals surface area contributed by atoms with Crippen molar-refractivity contribution in [3.8, 4) is 0 Å². The predicted molar refractivity (Wildman–Crippen MR) is 97.1 cm³/mol. The third-order valence-electron chi connectivity index (χ3n) is 5.52.